The summed E-state index contributed by atoms with van der Waals surface area (Å²) >= 11 is 0. The average molecular weight is 152 g/mol. The molecule has 1 heterocycles. The Hall–Kier alpha value is -0.320. The molecule has 0 aromatic rings. The summed E-state index contributed by atoms with van der Waals surface area (Å²) in [6.07, 6.45) is 0. The number of hydrogen-bond acceptors (Lipinski definition) is 3. The third-order valence-electron chi connectivity index (χ3n) is 1.37. The highest BCUT2D eigenvalue weighted by atomic mass is 35.5. The summed E-state index contributed by atoms with van der Waals surface area (Å²) < 4.78 is 0. The average Bonchev–Trinajstić information content (AvgIpc) is 1.60. The summed E-state index contributed by atoms with van der Waals surface area (Å²) in [5.74, 6) is -0.420. The van der Waals surface area contributed by atoms with Crippen molar-refractivity contribution in [3.63, 3.8) is 0 Å². The molecule has 0 aliphatic carbocycles. The molecular formula is C4H10ClN3O. The minimum Gasteiger partial charge on any atom is -0.368 e. The lowest BCUT2D eigenvalue weighted by Gasteiger charge is -2.35. The smallest absolute Gasteiger partial charge is 0.240 e. The maximum Gasteiger partial charge on any atom is 0.240 e. The van der Waals surface area contributed by atoms with Gasteiger partial charge in [0.25, 0.3) is 0 Å². The van der Waals surface area contributed by atoms with E-state index < -0.39 is 11.4 Å². The van der Waals surface area contributed by atoms with Gasteiger partial charge in [0.2, 0.25) is 5.91 Å². The number of nitrogens with one attached hydrogen (secondary N) is 1. The zero-order valence-corrected chi connectivity index (χ0v) is 5.70. The van der Waals surface area contributed by atoms with Gasteiger partial charge in [0.05, 0.1) is 0 Å². The number of primary amides is 1. The molecule has 0 radical (unpaired) electrons. The zero-order valence-electron chi connectivity index (χ0n) is 4.89. The molecule has 5 heteroatoms. The van der Waals surface area contributed by atoms with E-state index >= 15 is 0 Å². The molecule has 1 aliphatic rings. The lowest BCUT2D eigenvalue weighted by atomic mass is 9.93. The van der Waals surface area contributed by atoms with Crippen LogP contribution in [0.2, 0.25) is 0 Å². The first kappa shape index (κ1) is 8.68. The van der Waals surface area contributed by atoms with Crippen LogP contribution < -0.4 is 16.8 Å². The Balaban J connectivity index is 0.000000640. The van der Waals surface area contributed by atoms with E-state index in [0.29, 0.717) is 13.1 Å². The van der Waals surface area contributed by atoms with Gasteiger partial charge in [-0.3, -0.25) is 4.79 Å². The van der Waals surface area contributed by atoms with Gasteiger partial charge in [-0.05, 0) is 0 Å². The van der Waals surface area contributed by atoms with Crippen LogP contribution in [0.5, 0.6) is 0 Å². The van der Waals surface area contributed by atoms with Crippen molar-refractivity contribution in [3.05, 3.63) is 0 Å². The fraction of sp³-hybridized carbons (Fsp3) is 0.750. The Labute approximate surface area is 59.4 Å². The van der Waals surface area contributed by atoms with Crippen molar-refractivity contribution >= 4 is 18.3 Å². The Morgan fingerprint density at radius 1 is 1.56 bits per heavy atom. The van der Waals surface area contributed by atoms with Crippen LogP contribution >= 0.6 is 12.4 Å². The summed E-state index contributed by atoms with van der Waals surface area (Å²) in [5.41, 5.74) is 9.59. The van der Waals surface area contributed by atoms with Crippen molar-refractivity contribution in [2.75, 3.05) is 13.1 Å². The van der Waals surface area contributed by atoms with Crippen LogP contribution in [0.4, 0.5) is 0 Å². The number of carbonyl (C=O) groups is 1. The lowest BCUT2D eigenvalue weighted by molar-refractivity contribution is -0.124. The van der Waals surface area contributed by atoms with Gasteiger partial charge in [0.15, 0.2) is 0 Å². The SMILES string of the molecule is Cl.NC(=O)C1(N)CNC1. The molecule has 1 aliphatic heterocycles. The standard InChI is InChI=1S/C4H9N3O.ClH/c5-3(8)4(6)1-7-2-4;/h7H,1-2,6H2,(H2,5,8);1H. The zero-order chi connectivity index (χ0) is 6.20. The first-order valence-electron chi connectivity index (χ1n) is 2.45. The van der Waals surface area contributed by atoms with E-state index in [1.54, 1.807) is 0 Å². The van der Waals surface area contributed by atoms with Crippen LogP contribution in [-0.2, 0) is 4.79 Å². The predicted molar refractivity (Wildman–Crippen MR) is 36.2 cm³/mol. The predicted octanol–water partition coefficient (Wildman–Crippen LogP) is -1.81. The molecule has 0 spiro atoms. The second-order valence-electron chi connectivity index (χ2n) is 2.12. The van der Waals surface area contributed by atoms with E-state index in [-0.39, 0.29) is 12.4 Å². The highest BCUT2D eigenvalue weighted by molar-refractivity contribution is 5.86. The molecule has 1 saturated heterocycles. The van der Waals surface area contributed by atoms with Gasteiger partial charge in [-0.25, -0.2) is 0 Å². The van der Waals surface area contributed by atoms with Crippen LogP contribution in [0.15, 0.2) is 0 Å². The van der Waals surface area contributed by atoms with Crippen LogP contribution in [0, 0.1) is 0 Å². The van der Waals surface area contributed by atoms with Gasteiger partial charge in [0, 0.05) is 13.1 Å². The molecule has 4 nitrogen and oxygen atoms in total. The maximum absolute atomic E-state index is 10.4. The normalized spacial score (nSPS) is 21.4. The molecular weight excluding hydrogens is 142 g/mol. The van der Waals surface area contributed by atoms with Gasteiger partial charge < -0.3 is 16.8 Å². The van der Waals surface area contributed by atoms with E-state index in [2.05, 4.69) is 5.32 Å². The number of nitrogens with two attached hydrogens (primary N) is 2. The summed E-state index contributed by atoms with van der Waals surface area (Å²) in [5, 5.41) is 2.86. The van der Waals surface area contributed by atoms with Gasteiger partial charge >= 0.3 is 0 Å². The third-order valence-corrected chi connectivity index (χ3v) is 1.37. The Kier molecular flexibility index (Phi) is 2.42. The van der Waals surface area contributed by atoms with E-state index in [1.807, 2.05) is 0 Å². The summed E-state index contributed by atoms with van der Waals surface area (Å²) in [4.78, 5) is 10.4. The molecule has 0 bridgehead atoms. The fourth-order valence-electron chi connectivity index (χ4n) is 0.569. The minimum atomic E-state index is -0.750. The summed E-state index contributed by atoms with van der Waals surface area (Å²) in [7, 11) is 0. The van der Waals surface area contributed by atoms with Crippen LogP contribution in [-0.4, -0.2) is 24.5 Å². The molecule has 9 heavy (non-hydrogen) atoms. The highest BCUT2D eigenvalue weighted by Gasteiger charge is 2.38. The van der Waals surface area contributed by atoms with E-state index in [4.69, 9.17) is 11.5 Å². The first-order chi connectivity index (χ1) is 3.65. The largest absolute Gasteiger partial charge is 0.368 e. The van der Waals surface area contributed by atoms with Crippen LogP contribution in [0.1, 0.15) is 0 Å². The Morgan fingerprint density at radius 3 is 2.00 bits per heavy atom. The second-order valence-corrected chi connectivity index (χ2v) is 2.12. The van der Waals surface area contributed by atoms with Crippen molar-refractivity contribution < 1.29 is 4.79 Å². The van der Waals surface area contributed by atoms with Crippen molar-refractivity contribution in [3.8, 4) is 0 Å². The molecule has 1 amide bonds. The van der Waals surface area contributed by atoms with E-state index in [1.165, 1.54) is 0 Å². The number of hydrogen-bond donors (Lipinski definition) is 3. The van der Waals surface area contributed by atoms with E-state index in [0.717, 1.165) is 0 Å². The molecule has 0 aromatic carbocycles. The molecule has 0 unspecified atom stereocenters. The Morgan fingerprint density at radius 2 is 2.00 bits per heavy atom. The van der Waals surface area contributed by atoms with Gasteiger partial charge in [-0.2, -0.15) is 0 Å². The quantitative estimate of drug-likeness (QED) is 0.414. The van der Waals surface area contributed by atoms with E-state index in [9.17, 15) is 4.79 Å². The molecule has 0 aromatic heterocycles. The van der Waals surface area contributed by atoms with Gasteiger partial charge in [-0.1, -0.05) is 0 Å². The topological polar surface area (TPSA) is 81.1 Å². The molecule has 1 rings (SSSR count). The molecule has 0 saturated carbocycles. The van der Waals surface area contributed by atoms with Gasteiger partial charge in [-0.15, -0.1) is 12.4 Å². The summed E-state index contributed by atoms with van der Waals surface area (Å²) in [6, 6.07) is 0. The third kappa shape index (κ3) is 1.32. The first-order valence-corrected chi connectivity index (χ1v) is 2.45. The number of amides is 1. The van der Waals surface area contributed by atoms with Crippen LogP contribution in [0.3, 0.4) is 0 Å². The van der Waals surface area contributed by atoms with Crippen LogP contribution in [0.25, 0.3) is 0 Å². The van der Waals surface area contributed by atoms with Crippen molar-refractivity contribution in [2.24, 2.45) is 11.5 Å². The van der Waals surface area contributed by atoms with Crippen molar-refractivity contribution in [2.45, 2.75) is 5.54 Å². The number of carbonyl (C=O) groups excluding carboxylic acids is 1. The highest BCUT2D eigenvalue weighted by Crippen LogP contribution is 2.03. The fourth-order valence-corrected chi connectivity index (χ4v) is 0.569. The minimum absolute atomic E-state index is 0. The lowest BCUT2D eigenvalue weighted by Crippen LogP contribution is -2.72. The Bertz CT molecular complexity index is 123. The second kappa shape index (κ2) is 2.51. The monoisotopic (exact) mass is 151 g/mol. The van der Waals surface area contributed by atoms with Crippen molar-refractivity contribution in [1.82, 2.24) is 5.32 Å². The number of rotatable bonds is 1. The van der Waals surface area contributed by atoms with Crippen molar-refractivity contribution in [1.29, 1.82) is 0 Å². The summed E-state index contributed by atoms with van der Waals surface area (Å²) in [6.45, 7) is 1.03. The molecule has 0 atom stereocenters. The maximum atomic E-state index is 10.4. The number of halogens is 1. The molecule has 5 N–H and O–H groups in total. The molecule has 1 fully saturated rings. The molecule has 54 valence electrons. The van der Waals surface area contributed by atoms with Gasteiger partial charge in [0.1, 0.15) is 5.54 Å².